The first-order chi connectivity index (χ1) is 16.1. The Morgan fingerprint density at radius 3 is 2.29 bits per heavy atom. The van der Waals surface area contributed by atoms with Gasteiger partial charge in [-0.05, 0) is 23.8 Å². The highest BCUT2D eigenvalue weighted by molar-refractivity contribution is 7.90. The Bertz CT molecular complexity index is 1490. The van der Waals surface area contributed by atoms with E-state index in [-0.39, 0.29) is 39.5 Å². The lowest BCUT2D eigenvalue weighted by Gasteiger charge is -2.18. The van der Waals surface area contributed by atoms with Gasteiger partial charge in [-0.25, -0.2) is 12.4 Å². The van der Waals surface area contributed by atoms with Crippen LogP contribution in [0.15, 0.2) is 71.8 Å². The van der Waals surface area contributed by atoms with Gasteiger partial charge in [-0.15, -0.1) is 0 Å². The maximum atomic E-state index is 13.6. The molecule has 1 aromatic heterocycles. The number of nitrogens with one attached hydrogen (secondary N) is 1. The molecule has 1 aliphatic carbocycles. The number of non-ortho nitro benzene ring substituents is 1. The fraction of sp³-hybridized carbons (Fsp3) is 0.0870. The van der Waals surface area contributed by atoms with Crippen LogP contribution in [0.3, 0.4) is 0 Å². The molecule has 4 rings (SSSR count). The summed E-state index contributed by atoms with van der Waals surface area (Å²) in [7, 11) is -4.35. The number of rotatable bonds is 6. The molecule has 172 valence electrons. The van der Waals surface area contributed by atoms with Crippen molar-refractivity contribution in [1.82, 2.24) is 9.29 Å². The zero-order valence-corrected chi connectivity index (χ0v) is 18.5. The second-order valence-corrected chi connectivity index (χ2v) is 9.27. The monoisotopic (exact) mass is 479 g/mol. The van der Waals surface area contributed by atoms with E-state index in [4.69, 9.17) is 0 Å². The standard InChI is InChI=1S/C23H17N3O7S/c1-14(27)24-12-16-11-20(28)23(29)21-19(15-5-3-2-4-6-15)13-25(22(16)21)34(32,33)18-9-7-17(8-10-18)26(30)31/h2-11,13H,12H2,1H3,(H,24,27). The quantitative estimate of drug-likeness (QED) is 0.325. The zero-order chi connectivity index (χ0) is 24.6. The van der Waals surface area contributed by atoms with E-state index < -0.39 is 32.4 Å². The summed E-state index contributed by atoms with van der Waals surface area (Å²) in [6.07, 6.45) is 2.26. The minimum absolute atomic E-state index is 0.0458. The molecule has 0 saturated heterocycles. The zero-order valence-electron chi connectivity index (χ0n) is 17.7. The fourth-order valence-corrected chi connectivity index (χ4v) is 5.07. The molecule has 1 amide bonds. The van der Waals surface area contributed by atoms with E-state index in [0.29, 0.717) is 5.56 Å². The van der Waals surface area contributed by atoms with E-state index in [2.05, 4.69) is 5.32 Å². The van der Waals surface area contributed by atoms with Crippen LogP contribution in [0.5, 0.6) is 0 Å². The number of allylic oxidation sites excluding steroid dienone is 1. The Labute approximate surface area is 193 Å². The van der Waals surface area contributed by atoms with Crippen LogP contribution in [-0.2, 0) is 19.6 Å². The van der Waals surface area contributed by atoms with E-state index in [1.807, 2.05) is 0 Å². The SMILES string of the molecule is CC(=O)NCC1=CC(=O)C(=O)c2c(-c3ccccc3)cn(S(=O)(=O)c3ccc([N+](=O)[O-])cc3)c21. The second kappa shape index (κ2) is 8.52. The molecule has 2 aromatic carbocycles. The van der Waals surface area contributed by atoms with Gasteiger partial charge in [-0.3, -0.25) is 24.5 Å². The minimum Gasteiger partial charge on any atom is -0.352 e. The van der Waals surface area contributed by atoms with E-state index in [9.17, 15) is 32.9 Å². The molecule has 3 aromatic rings. The topological polar surface area (TPSA) is 145 Å². The summed E-state index contributed by atoms with van der Waals surface area (Å²) in [5.74, 6) is -2.12. The van der Waals surface area contributed by atoms with Crippen LogP contribution in [-0.4, -0.2) is 41.3 Å². The lowest BCUT2D eigenvalue weighted by Crippen LogP contribution is -2.28. The van der Waals surface area contributed by atoms with Crippen LogP contribution < -0.4 is 5.32 Å². The molecular formula is C23H17N3O7S. The Hall–Kier alpha value is -4.38. The number of benzene rings is 2. The number of aromatic nitrogens is 1. The second-order valence-electron chi connectivity index (χ2n) is 7.46. The van der Waals surface area contributed by atoms with Gasteiger partial charge in [-0.1, -0.05) is 30.3 Å². The van der Waals surface area contributed by atoms with Crippen molar-refractivity contribution in [2.24, 2.45) is 0 Å². The van der Waals surface area contributed by atoms with Crippen molar-refractivity contribution in [3.63, 3.8) is 0 Å². The fourth-order valence-electron chi connectivity index (χ4n) is 3.67. The third-order valence-electron chi connectivity index (χ3n) is 5.25. The molecule has 0 spiro atoms. The highest BCUT2D eigenvalue weighted by atomic mass is 32.2. The van der Waals surface area contributed by atoms with Crippen molar-refractivity contribution in [2.75, 3.05) is 6.54 Å². The van der Waals surface area contributed by atoms with Gasteiger partial charge in [0.25, 0.3) is 15.7 Å². The molecule has 0 atom stereocenters. The number of amides is 1. The third-order valence-corrected chi connectivity index (χ3v) is 6.92. The molecule has 0 unspecified atom stereocenters. The highest BCUT2D eigenvalue weighted by Crippen LogP contribution is 2.37. The molecular weight excluding hydrogens is 462 g/mol. The van der Waals surface area contributed by atoms with Crippen LogP contribution in [0.1, 0.15) is 23.0 Å². The van der Waals surface area contributed by atoms with Crippen LogP contribution in [0.2, 0.25) is 0 Å². The molecule has 1 aliphatic rings. The molecule has 0 fully saturated rings. The smallest absolute Gasteiger partial charge is 0.269 e. The van der Waals surface area contributed by atoms with Crippen LogP contribution in [0.4, 0.5) is 5.69 Å². The molecule has 0 aliphatic heterocycles. The number of carbonyl (C=O) groups excluding carboxylic acids is 3. The molecule has 0 radical (unpaired) electrons. The lowest BCUT2D eigenvalue weighted by molar-refractivity contribution is -0.384. The van der Waals surface area contributed by atoms with Crippen molar-refractivity contribution in [1.29, 1.82) is 0 Å². The number of Topliss-reactive ketones (excluding diaryl/α,β-unsaturated/α-hetero) is 1. The largest absolute Gasteiger partial charge is 0.352 e. The van der Waals surface area contributed by atoms with Crippen LogP contribution in [0, 0.1) is 10.1 Å². The third kappa shape index (κ3) is 3.92. The van der Waals surface area contributed by atoms with Gasteiger partial charge in [-0.2, -0.15) is 0 Å². The molecule has 34 heavy (non-hydrogen) atoms. The Kier molecular flexibility index (Phi) is 5.71. The van der Waals surface area contributed by atoms with Crippen molar-refractivity contribution in [3.05, 3.63) is 88.2 Å². The number of nitro benzene ring substituents is 1. The summed E-state index contributed by atoms with van der Waals surface area (Å²) < 4.78 is 28.1. The van der Waals surface area contributed by atoms with Gasteiger partial charge in [0.05, 0.1) is 21.1 Å². The van der Waals surface area contributed by atoms with Gasteiger partial charge in [0.1, 0.15) is 0 Å². The van der Waals surface area contributed by atoms with E-state index in [1.165, 1.54) is 13.1 Å². The van der Waals surface area contributed by atoms with Crippen LogP contribution >= 0.6 is 0 Å². The maximum Gasteiger partial charge on any atom is 0.269 e. The van der Waals surface area contributed by atoms with Crippen molar-refractivity contribution in [2.45, 2.75) is 11.8 Å². The van der Waals surface area contributed by atoms with Gasteiger partial charge in [0.2, 0.25) is 17.5 Å². The van der Waals surface area contributed by atoms with Gasteiger partial charge >= 0.3 is 0 Å². The number of carbonyl (C=O) groups is 3. The molecule has 1 N–H and O–H groups in total. The first kappa shape index (κ1) is 22.8. The molecule has 11 heteroatoms. The maximum absolute atomic E-state index is 13.6. The lowest BCUT2D eigenvalue weighted by atomic mass is 9.90. The highest BCUT2D eigenvalue weighted by Gasteiger charge is 2.36. The number of nitrogens with zero attached hydrogens (tertiary/aromatic N) is 2. The van der Waals surface area contributed by atoms with E-state index in [1.54, 1.807) is 30.3 Å². The summed E-state index contributed by atoms with van der Waals surface area (Å²) in [6.45, 7) is 1.08. The summed E-state index contributed by atoms with van der Waals surface area (Å²) in [4.78, 5) is 46.9. The molecule has 0 saturated carbocycles. The first-order valence-corrected chi connectivity index (χ1v) is 11.4. The average Bonchev–Trinajstić information content (AvgIpc) is 3.23. The predicted molar refractivity (Wildman–Crippen MR) is 122 cm³/mol. The normalized spacial score (nSPS) is 13.3. The van der Waals surface area contributed by atoms with Gasteiger partial charge < -0.3 is 5.32 Å². The number of hydrogen-bond acceptors (Lipinski definition) is 7. The van der Waals surface area contributed by atoms with E-state index in [0.717, 1.165) is 34.3 Å². The number of nitro groups is 1. The molecule has 0 bridgehead atoms. The Balaban J connectivity index is 1.98. The summed E-state index contributed by atoms with van der Waals surface area (Å²) in [5.41, 5.74) is 0.458. The van der Waals surface area contributed by atoms with Crippen LogP contribution in [0.25, 0.3) is 16.7 Å². The average molecular weight is 479 g/mol. The van der Waals surface area contributed by atoms with Crippen molar-refractivity contribution < 1.29 is 27.7 Å². The molecule has 10 nitrogen and oxygen atoms in total. The van der Waals surface area contributed by atoms with Crippen molar-refractivity contribution in [3.8, 4) is 11.1 Å². The number of fused-ring (bicyclic) bond motifs is 1. The van der Waals surface area contributed by atoms with Gasteiger partial charge in [0.15, 0.2) is 0 Å². The minimum atomic E-state index is -4.35. The summed E-state index contributed by atoms with van der Waals surface area (Å²) in [5, 5.41) is 13.5. The van der Waals surface area contributed by atoms with E-state index >= 15 is 0 Å². The molecule has 1 heterocycles. The Morgan fingerprint density at radius 1 is 1.06 bits per heavy atom. The summed E-state index contributed by atoms with van der Waals surface area (Å²) in [6, 6.07) is 12.8. The number of hydrogen-bond donors (Lipinski definition) is 1. The Morgan fingerprint density at radius 2 is 1.71 bits per heavy atom. The predicted octanol–water partition coefficient (Wildman–Crippen LogP) is 2.59. The number of ketones is 2. The summed E-state index contributed by atoms with van der Waals surface area (Å²) >= 11 is 0. The van der Waals surface area contributed by atoms with Crippen molar-refractivity contribution >= 4 is 38.8 Å². The first-order valence-electron chi connectivity index (χ1n) is 9.96. The van der Waals surface area contributed by atoms with Gasteiger partial charge in [0, 0.05) is 42.9 Å².